The summed E-state index contributed by atoms with van der Waals surface area (Å²) in [5, 5.41) is 12.9. The van der Waals surface area contributed by atoms with Crippen LogP contribution in [0.1, 0.15) is 18.4 Å². The molecule has 1 aliphatic heterocycles. The van der Waals surface area contributed by atoms with Crippen molar-refractivity contribution in [3.05, 3.63) is 35.2 Å². The first-order valence-corrected chi connectivity index (χ1v) is 8.63. The Morgan fingerprint density at radius 2 is 2.24 bits per heavy atom. The average molecular weight is 305 g/mol. The van der Waals surface area contributed by atoms with E-state index >= 15 is 0 Å². The summed E-state index contributed by atoms with van der Waals surface area (Å²) in [7, 11) is 0. The van der Waals surface area contributed by atoms with Crippen molar-refractivity contribution in [1.29, 1.82) is 0 Å². The van der Waals surface area contributed by atoms with Crippen molar-refractivity contribution in [3.63, 3.8) is 0 Å². The zero-order valence-electron chi connectivity index (χ0n) is 12.3. The molecule has 2 heterocycles. The highest BCUT2D eigenvalue weighted by Gasteiger charge is 2.18. The second kappa shape index (κ2) is 7.36. The fourth-order valence-electron chi connectivity index (χ4n) is 2.87. The van der Waals surface area contributed by atoms with Crippen molar-refractivity contribution in [2.45, 2.75) is 25.4 Å². The Labute approximate surface area is 130 Å². The molecule has 1 fully saturated rings. The first kappa shape index (κ1) is 15.0. The van der Waals surface area contributed by atoms with Crippen LogP contribution in [0.4, 0.5) is 0 Å². The van der Waals surface area contributed by atoms with Crippen molar-refractivity contribution in [3.8, 4) is 0 Å². The summed E-state index contributed by atoms with van der Waals surface area (Å²) < 4.78 is 7.09. The number of thiophene rings is 1. The van der Waals surface area contributed by atoms with E-state index in [0.29, 0.717) is 0 Å². The molecule has 1 aliphatic rings. The standard InChI is InChI=1S/C17H23NO2S/c19-16-4-8-18(13-16)7-1-9-20-10-5-14-2-3-17-15(12-14)6-11-21-17/h2-3,6,11-12,16,19H,1,4-5,7-10,13H2. The summed E-state index contributed by atoms with van der Waals surface area (Å²) in [6.07, 6.45) is 2.84. The molecule has 1 saturated heterocycles. The van der Waals surface area contributed by atoms with Gasteiger partial charge in [-0.2, -0.15) is 0 Å². The number of likely N-dealkylation sites (tertiary alicyclic amines) is 1. The van der Waals surface area contributed by atoms with Gasteiger partial charge in [-0.15, -0.1) is 11.3 Å². The minimum Gasteiger partial charge on any atom is -0.392 e. The summed E-state index contributed by atoms with van der Waals surface area (Å²) in [6.45, 7) is 4.51. The van der Waals surface area contributed by atoms with Gasteiger partial charge >= 0.3 is 0 Å². The first-order valence-electron chi connectivity index (χ1n) is 7.75. The summed E-state index contributed by atoms with van der Waals surface area (Å²) in [5.41, 5.74) is 1.35. The van der Waals surface area contributed by atoms with Crippen LogP contribution in [0, 0.1) is 0 Å². The van der Waals surface area contributed by atoms with E-state index in [2.05, 4.69) is 34.5 Å². The number of hydrogen-bond donors (Lipinski definition) is 1. The van der Waals surface area contributed by atoms with Crippen LogP contribution in [-0.4, -0.2) is 49.0 Å². The van der Waals surface area contributed by atoms with Crippen LogP contribution < -0.4 is 0 Å². The molecule has 1 aromatic carbocycles. The highest BCUT2D eigenvalue weighted by molar-refractivity contribution is 7.17. The van der Waals surface area contributed by atoms with Gasteiger partial charge in [-0.25, -0.2) is 0 Å². The number of aliphatic hydroxyl groups is 1. The van der Waals surface area contributed by atoms with Crippen LogP contribution in [0.15, 0.2) is 29.6 Å². The molecule has 0 saturated carbocycles. The molecular formula is C17H23NO2S. The normalized spacial score (nSPS) is 19.6. The van der Waals surface area contributed by atoms with Crippen LogP contribution in [-0.2, 0) is 11.2 Å². The number of fused-ring (bicyclic) bond motifs is 1. The van der Waals surface area contributed by atoms with Gasteiger partial charge in [0.15, 0.2) is 0 Å². The molecule has 0 bridgehead atoms. The third-order valence-electron chi connectivity index (χ3n) is 4.06. The van der Waals surface area contributed by atoms with Gasteiger partial charge in [-0.05, 0) is 47.7 Å². The number of benzene rings is 1. The zero-order valence-corrected chi connectivity index (χ0v) is 13.1. The quantitative estimate of drug-likeness (QED) is 0.798. The molecule has 1 N–H and O–H groups in total. The minimum atomic E-state index is -0.113. The number of rotatable bonds is 7. The topological polar surface area (TPSA) is 32.7 Å². The van der Waals surface area contributed by atoms with Crippen molar-refractivity contribution < 1.29 is 9.84 Å². The number of hydrogen-bond acceptors (Lipinski definition) is 4. The lowest BCUT2D eigenvalue weighted by atomic mass is 10.1. The number of ether oxygens (including phenoxy) is 1. The van der Waals surface area contributed by atoms with Gasteiger partial charge in [0.25, 0.3) is 0 Å². The molecular weight excluding hydrogens is 282 g/mol. The maximum Gasteiger partial charge on any atom is 0.0679 e. The fourth-order valence-corrected chi connectivity index (χ4v) is 3.64. The van der Waals surface area contributed by atoms with Crippen LogP contribution >= 0.6 is 11.3 Å². The predicted octanol–water partition coefficient (Wildman–Crippen LogP) is 2.92. The Bertz CT molecular complexity index is 569. The molecule has 0 amide bonds. The zero-order chi connectivity index (χ0) is 14.5. The molecule has 114 valence electrons. The third-order valence-corrected chi connectivity index (χ3v) is 4.96. The molecule has 0 aliphatic carbocycles. The van der Waals surface area contributed by atoms with Crippen LogP contribution in [0.3, 0.4) is 0 Å². The average Bonchev–Trinajstić information content (AvgIpc) is 3.11. The molecule has 4 heteroatoms. The summed E-state index contributed by atoms with van der Waals surface area (Å²) in [5.74, 6) is 0. The van der Waals surface area contributed by atoms with Crippen LogP contribution in [0.25, 0.3) is 10.1 Å². The van der Waals surface area contributed by atoms with Crippen molar-refractivity contribution >= 4 is 21.4 Å². The fraction of sp³-hybridized carbons (Fsp3) is 0.529. The monoisotopic (exact) mass is 305 g/mol. The largest absolute Gasteiger partial charge is 0.392 e. The second-order valence-corrected chi connectivity index (χ2v) is 6.70. The maximum atomic E-state index is 9.45. The lowest BCUT2D eigenvalue weighted by molar-refractivity contribution is 0.122. The van der Waals surface area contributed by atoms with Gasteiger partial charge in [-0.1, -0.05) is 12.1 Å². The SMILES string of the molecule is OC1CCN(CCCOCCc2ccc3sccc3c2)C1. The van der Waals surface area contributed by atoms with Gasteiger partial charge in [0.2, 0.25) is 0 Å². The molecule has 1 unspecified atom stereocenters. The summed E-state index contributed by atoms with van der Waals surface area (Å²) in [6, 6.07) is 8.84. The van der Waals surface area contributed by atoms with E-state index in [0.717, 1.165) is 52.1 Å². The third kappa shape index (κ3) is 4.27. The number of nitrogens with zero attached hydrogens (tertiary/aromatic N) is 1. The highest BCUT2D eigenvalue weighted by Crippen LogP contribution is 2.21. The lowest BCUT2D eigenvalue weighted by Gasteiger charge is -2.14. The molecule has 3 nitrogen and oxygen atoms in total. The Morgan fingerprint density at radius 1 is 1.29 bits per heavy atom. The van der Waals surface area contributed by atoms with E-state index in [1.807, 2.05) is 0 Å². The predicted molar refractivity (Wildman–Crippen MR) is 88.0 cm³/mol. The Hall–Kier alpha value is -0.940. The number of β-amino-alcohol motifs (C(OH)–C–C–N with tert-alkyl or cyclic N) is 1. The summed E-state index contributed by atoms with van der Waals surface area (Å²) in [4.78, 5) is 2.32. The first-order chi connectivity index (χ1) is 10.3. The van der Waals surface area contributed by atoms with Crippen LogP contribution in [0.2, 0.25) is 0 Å². The molecule has 2 aromatic rings. The maximum absolute atomic E-state index is 9.45. The van der Waals surface area contributed by atoms with Gasteiger partial charge in [0.05, 0.1) is 12.7 Å². The van der Waals surface area contributed by atoms with Crippen molar-refractivity contribution in [2.75, 3.05) is 32.8 Å². The second-order valence-electron chi connectivity index (χ2n) is 5.75. The molecule has 3 rings (SSSR count). The van der Waals surface area contributed by atoms with E-state index in [-0.39, 0.29) is 6.10 Å². The van der Waals surface area contributed by atoms with Crippen molar-refractivity contribution in [1.82, 2.24) is 4.90 Å². The smallest absolute Gasteiger partial charge is 0.0679 e. The van der Waals surface area contributed by atoms with E-state index in [1.54, 1.807) is 11.3 Å². The van der Waals surface area contributed by atoms with Gasteiger partial charge in [0, 0.05) is 30.9 Å². The van der Waals surface area contributed by atoms with Gasteiger partial charge in [-0.3, -0.25) is 0 Å². The van der Waals surface area contributed by atoms with Gasteiger partial charge < -0.3 is 14.7 Å². The van der Waals surface area contributed by atoms with E-state index in [9.17, 15) is 5.11 Å². The Kier molecular flexibility index (Phi) is 5.25. The minimum absolute atomic E-state index is 0.113. The van der Waals surface area contributed by atoms with Crippen LogP contribution in [0.5, 0.6) is 0 Å². The molecule has 0 radical (unpaired) electrons. The molecule has 1 aromatic heterocycles. The van der Waals surface area contributed by atoms with E-state index in [4.69, 9.17) is 4.74 Å². The van der Waals surface area contributed by atoms with E-state index in [1.165, 1.54) is 15.6 Å². The lowest BCUT2D eigenvalue weighted by Crippen LogP contribution is -2.24. The van der Waals surface area contributed by atoms with Crippen molar-refractivity contribution in [2.24, 2.45) is 0 Å². The Balaban J connectivity index is 1.31. The highest BCUT2D eigenvalue weighted by atomic mass is 32.1. The molecule has 1 atom stereocenters. The van der Waals surface area contributed by atoms with Gasteiger partial charge in [0.1, 0.15) is 0 Å². The summed E-state index contributed by atoms with van der Waals surface area (Å²) >= 11 is 1.79. The van der Waals surface area contributed by atoms with E-state index < -0.39 is 0 Å². The molecule has 21 heavy (non-hydrogen) atoms. The molecule has 0 spiro atoms. The number of aliphatic hydroxyl groups excluding tert-OH is 1. The Morgan fingerprint density at radius 3 is 3.10 bits per heavy atom.